The fourth-order valence-corrected chi connectivity index (χ4v) is 4.07. The molecule has 0 amide bonds. The maximum atomic E-state index is 12.3. The van der Waals surface area contributed by atoms with Crippen molar-refractivity contribution in [3.63, 3.8) is 0 Å². The SMILES string of the molecule is CNCc1ccccc1S(=O)(=O)C1CCC1. The molecule has 1 aliphatic carbocycles. The molecule has 1 aromatic carbocycles. The van der Waals surface area contributed by atoms with E-state index in [9.17, 15) is 8.42 Å². The lowest BCUT2D eigenvalue weighted by Crippen LogP contribution is -2.29. The Hall–Kier alpha value is -0.870. The van der Waals surface area contributed by atoms with Gasteiger partial charge in [0, 0.05) is 6.54 Å². The van der Waals surface area contributed by atoms with Gasteiger partial charge in [-0.2, -0.15) is 0 Å². The first kappa shape index (κ1) is 11.6. The molecule has 16 heavy (non-hydrogen) atoms. The molecular weight excluding hydrogens is 222 g/mol. The third-order valence-corrected chi connectivity index (χ3v) is 5.50. The third-order valence-electron chi connectivity index (χ3n) is 3.14. The van der Waals surface area contributed by atoms with Gasteiger partial charge in [-0.3, -0.25) is 0 Å². The summed E-state index contributed by atoms with van der Waals surface area (Å²) in [4.78, 5) is 0.508. The highest BCUT2D eigenvalue weighted by Gasteiger charge is 2.33. The molecule has 0 atom stereocenters. The fraction of sp³-hybridized carbons (Fsp3) is 0.500. The zero-order chi connectivity index (χ0) is 11.6. The molecule has 0 unspecified atom stereocenters. The predicted octanol–water partition coefficient (Wildman–Crippen LogP) is 1.73. The van der Waals surface area contributed by atoms with Crippen molar-refractivity contribution in [3.8, 4) is 0 Å². The summed E-state index contributed by atoms with van der Waals surface area (Å²) < 4.78 is 24.6. The maximum absolute atomic E-state index is 12.3. The van der Waals surface area contributed by atoms with E-state index in [2.05, 4.69) is 5.32 Å². The van der Waals surface area contributed by atoms with Gasteiger partial charge in [0.2, 0.25) is 0 Å². The molecule has 88 valence electrons. The van der Waals surface area contributed by atoms with Crippen LogP contribution in [0.25, 0.3) is 0 Å². The highest BCUT2D eigenvalue weighted by molar-refractivity contribution is 7.92. The van der Waals surface area contributed by atoms with Gasteiger partial charge in [-0.05, 0) is 31.5 Å². The normalized spacial score (nSPS) is 17.1. The van der Waals surface area contributed by atoms with Crippen LogP contribution in [0.15, 0.2) is 29.2 Å². The highest BCUT2D eigenvalue weighted by atomic mass is 32.2. The largest absolute Gasteiger partial charge is 0.316 e. The van der Waals surface area contributed by atoms with Gasteiger partial charge in [0.25, 0.3) is 0 Å². The summed E-state index contributed by atoms with van der Waals surface area (Å²) in [5, 5.41) is 2.86. The Bertz CT molecular complexity index is 464. The van der Waals surface area contributed by atoms with Gasteiger partial charge in [-0.15, -0.1) is 0 Å². The van der Waals surface area contributed by atoms with Gasteiger partial charge in [-0.25, -0.2) is 8.42 Å². The van der Waals surface area contributed by atoms with E-state index in [-0.39, 0.29) is 5.25 Å². The molecule has 1 saturated carbocycles. The van der Waals surface area contributed by atoms with Crippen LogP contribution < -0.4 is 5.32 Å². The predicted molar refractivity (Wildman–Crippen MR) is 64.0 cm³/mol. The molecule has 4 heteroatoms. The highest BCUT2D eigenvalue weighted by Crippen LogP contribution is 2.32. The second-order valence-corrected chi connectivity index (χ2v) is 6.43. The van der Waals surface area contributed by atoms with Crippen molar-refractivity contribution in [2.45, 2.75) is 36.0 Å². The summed E-state index contributed by atoms with van der Waals surface area (Å²) >= 11 is 0. The van der Waals surface area contributed by atoms with Gasteiger partial charge < -0.3 is 5.32 Å². The minimum Gasteiger partial charge on any atom is -0.316 e. The first-order valence-corrected chi connectivity index (χ1v) is 7.17. The first-order chi connectivity index (χ1) is 7.66. The quantitative estimate of drug-likeness (QED) is 0.870. The van der Waals surface area contributed by atoms with Crippen molar-refractivity contribution in [1.82, 2.24) is 5.32 Å². The lowest BCUT2D eigenvalue weighted by Gasteiger charge is -2.26. The van der Waals surface area contributed by atoms with Crippen LogP contribution in [0.1, 0.15) is 24.8 Å². The summed E-state index contributed by atoms with van der Waals surface area (Å²) in [6.07, 6.45) is 2.67. The minimum absolute atomic E-state index is 0.148. The number of hydrogen-bond acceptors (Lipinski definition) is 3. The molecule has 1 aliphatic rings. The van der Waals surface area contributed by atoms with Crippen molar-refractivity contribution in [3.05, 3.63) is 29.8 Å². The number of benzene rings is 1. The second-order valence-electron chi connectivity index (χ2n) is 4.24. The Labute approximate surface area is 96.8 Å². The van der Waals surface area contributed by atoms with E-state index in [1.807, 2.05) is 19.2 Å². The number of hydrogen-bond donors (Lipinski definition) is 1. The van der Waals surface area contributed by atoms with Gasteiger partial charge in [0.05, 0.1) is 10.1 Å². The molecule has 0 aliphatic heterocycles. The molecule has 0 spiro atoms. The number of rotatable bonds is 4. The monoisotopic (exact) mass is 239 g/mol. The lowest BCUT2D eigenvalue weighted by atomic mass is 10.00. The maximum Gasteiger partial charge on any atom is 0.181 e. The van der Waals surface area contributed by atoms with Crippen LogP contribution in [0.4, 0.5) is 0 Å². The molecule has 0 saturated heterocycles. The number of nitrogens with one attached hydrogen (secondary N) is 1. The molecule has 1 N–H and O–H groups in total. The van der Waals surface area contributed by atoms with Gasteiger partial charge >= 0.3 is 0 Å². The Kier molecular flexibility index (Phi) is 3.30. The number of sulfone groups is 1. The van der Waals surface area contributed by atoms with E-state index >= 15 is 0 Å². The van der Waals surface area contributed by atoms with E-state index in [0.29, 0.717) is 11.4 Å². The Morgan fingerprint density at radius 2 is 2.00 bits per heavy atom. The van der Waals surface area contributed by atoms with Crippen LogP contribution in [0, 0.1) is 0 Å². The molecule has 2 rings (SSSR count). The van der Waals surface area contributed by atoms with Crippen LogP contribution in [0.2, 0.25) is 0 Å². The molecule has 1 aromatic rings. The van der Waals surface area contributed by atoms with E-state index in [1.165, 1.54) is 0 Å². The van der Waals surface area contributed by atoms with Crippen molar-refractivity contribution in [2.75, 3.05) is 7.05 Å². The van der Waals surface area contributed by atoms with Crippen LogP contribution >= 0.6 is 0 Å². The fourth-order valence-electron chi connectivity index (χ4n) is 1.98. The molecule has 0 aromatic heterocycles. The zero-order valence-electron chi connectivity index (χ0n) is 9.44. The van der Waals surface area contributed by atoms with Crippen molar-refractivity contribution >= 4 is 9.84 Å². The average Bonchev–Trinajstić information content (AvgIpc) is 2.15. The average molecular weight is 239 g/mol. The van der Waals surface area contributed by atoms with Gasteiger partial charge in [0.1, 0.15) is 0 Å². The van der Waals surface area contributed by atoms with Crippen molar-refractivity contribution in [1.29, 1.82) is 0 Å². The van der Waals surface area contributed by atoms with Crippen LogP contribution in [0.5, 0.6) is 0 Å². The van der Waals surface area contributed by atoms with Gasteiger partial charge in [-0.1, -0.05) is 24.6 Å². The Balaban J connectivity index is 2.38. The zero-order valence-corrected chi connectivity index (χ0v) is 10.3. The molecule has 1 fully saturated rings. The molecular formula is C12H17NO2S. The molecule has 3 nitrogen and oxygen atoms in total. The standard InChI is InChI=1S/C12H17NO2S/c1-13-9-10-5-2-3-8-12(10)16(14,15)11-6-4-7-11/h2-3,5,8,11,13H,4,6-7,9H2,1H3. The second kappa shape index (κ2) is 4.55. The topological polar surface area (TPSA) is 46.2 Å². The Morgan fingerprint density at radius 3 is 2.56 bits per heavy atom. The summed E-state index contributed by atoms with van der Waals surface area (Å²) in [5.41, 5.74) is 0.872. The smallest absolute Gasteiger partial charge is 0.181 e. The lowest BCUT2D eigenvalue weighted by molar-refractivity contribution is 0.476. The van der Waals surface area contributed by atoms with Crippen LogP contribution in [0.3, 0.4) is 0 Å². The summed E-state index contributed by atoms with van der Waals surface area (Å²) in [7, 11) is -1.27. The van der Waals surface area contributed by atoms with Gasteiger partial charge in [0.15, 0.2) is 9.84 Å². The van der Waals surface area contributed by atoms with Crippen molar-refractivity contribution in [2.24, 2.45) is 0 Å². The summed E-state index contributed by atoms with van der Waals surface area (Å²) in [6, 6.07) is 7.28. The van der Waals surface area contributed by atoms with E-state index in [0.717, 1.165) is 24.8 Å². The molecule has 0 radical (unpaired) electrons. The van der Waals surface area contributed by atoms with Crippen LogP contribution in [-0.4, -0.2) is 20.7 Å². The van der Waals surface area contributed by atoms with E-state index in [1.54, 1.807) is 12.1 Å². The third kappa shape index (κ3) is 1.99. The summed E-state index contributed by atoms with van der Waals surface area (Å²) in [6.45, 7) is 0.599. The van der Waals surface area contributed by atoms with Crippen molar-refractivity contribution < 1.29 is 8.42 Å². The van der Waals surface area contributed by atoms with E-state index < -0.39 is 9.84 Å². The Morgan fingerprint density at radius 1 is 1.31 bits per heavy atom. The van der Waals surface area contributed by atoms with E-state index in [4.69, 9.17) is 0 Å². The summed E-state index contributed by atoms with van der Waals surface area (Å²) in [5.74, 6) is 0. The molecule has 0 bridgehead atoms. The first-order valence-electron chi connectivity index (χ1n) is 5.62. The van der Waals surface area contributed by atoms with Crippen LogP contribution in [-0.2, 0) is 16.4 Å². The minimum atomic E-state index is -3.10. The molecule has 0 heterocycles.